The molecule has 2 aromatic rings. The molecule has 2 aromatic carbocycles. The van der Waals surface area contributed by atoms with Gasteiger partial charge in [0.1, 0.15) is 6.04 Å². The number of ether oxygens (including phenoxy) is 2. The van der Waals surface area contributed by atoms with Crippen molar-refractivity contribution in [1.29, 1.82) is 0 Å². The summed E-state index contributed by atoms with van der Waals surface area (Å²) in [4.78, 5) is 12.8. The van der Waals surface area contributed by atoms with E-state index in [1.54, 1.807) is 37.3 Å². The molecule has 0 saturated heterocycles. The SMILES string of the molecule is COc1ccc(NC(=O)[C@H](C)N(c2ccc(C)c(C)c2)S(C)(=O)=O)cc1OC. The maximum absolute atomic E-state index is 12.8. The van der Waals surface area contributed by atoms with Gasteiger partial charge in [0.2, 0.25) is 15.9 Å². The summed E-state index contributed by atoms with van der Waals surface area (Å²) in [5, 5.41) is 2.74. The molecule has 0 aromatic heterocycles. The summed E-state index contributed by atoms with van der Waals surface area (Å²) in [6.45, 7) is 5.39. The Hall–Kier alpha value is -2.74. The van der Waals surface area contributed by atoms with Crippen LogP contribution in [0.1, 0.15) is 18.1 Å². The smallest absolute Gasteiger partial charge is 0.247 e. The molecular formula is C20H26N2O5S. The lowest BCUT2D eigenvalue weighted by Gasteiger charge is -2.28. The Morgan fingerprint density at radius 1 is 1.00 bits per heavy atom. The molecule has 0 heterocycles. The predicted molar refractivity (Wildman–Crippen MR) is 111 cm³/mol. The largest absolute Gasteiger partial charge is 0.493 e. The van der Waals surface area contributed by atoms with Crippen molar-refractivity contribution in [3.8, 4) is 11.5 Å². The van der Waals surface area contributed by atoms with Crippen LogP contribution in [0.5, 0.6) is 11.5 Å². The van der Waals surface area contributed by atoms with Gasteiger partial charge in [0.05, 0.1) is 26.2 Å². The Balaban J connectivity index is 2.33. The van der Waals surface area contributed by atoms with Crippen LogP contribution in [0.4, 0.5) is 11.4 Å². The zero-order valence-corrected chi connectivity index (χ0v) is 17.8. The summed E-state index contributed by atoms with van der Waals surface area (Å²) in [6, 6.07) is 9.28. The third kappa shape index (κ3) is 4.75. The highest BCUT2D eigenvalue weighted by Crippen LogP contribution is 2.30. The first-order valence-corrected chi connectivity index (χ1v) is 10.5. The van der Waals surface area contributed by atoms with Crippen LogP contribution in [0.15, 0.2) is 36.4 Å². The molecule has 0 saturated carbocycles. The molecular weight excluding hydrogens is 380 g/mol. The van der Waals surface area contributed by atoms with Gasteiger partial charge in [-0.15, -0.1) is 0 Å². The van der Waals surface area contributed by atoms with Crippen molar-refractivity contribution in [2.24, 2.45) is 0 Å². The van der Waals surface area contributed by atoms with E-state index in [2.05, 4.69) is 5.32 Å². The van der Waals surface area contributed by atoms with Gasteiger partial charge in [-0.05, 0) is 56.2 Å². The van der Waals surface area contributed by atoms with Gasteiger partial charge in [-0.1, -0.05) is 6.07 Å². The van der Waals surface area contributed by atoms with Crippen molar-refractivity contribution in [2.75, 3.05) is 30.1 Å². The van der Waals surface area contributed by atoms with E-state index < -0.39 is 22.0 Å². The van der Waals surface area contributed by atoms with Crippen molar-refractivity contribution in [3.63, 3.8) is 0 Å². The summed E-state index contributed by atoms with van der Waals surface area (Å²) in [7, 11) is -0.663. The van der Waals surface area contributed by atoms with Gasteiger partial charge in [0.25, 0.3) is 0 Å². The van der Waals surface area contributed by atoms with Crippen LogP contribution in [0, 0.1) is 13.8 Å². The second-order valence-corrected chi connectivity index (χ2v) is 8.42. The van der Waals surface area contributed by atoms with E-state index in [9.17, 15) is 13.2 Å². The molecule has 0 aliphatic heterocycles. The molecule has 0 aliphatic rings. The number of carbonyl (C=O) groups is 1. The Labute approximate surface area is 166 Å². The zero-order chi connectivity index (χ0) is 21.1. The quantitative estimate of drug-likeness (QED) is 0.764. The standard InChI is InChI=1S/C20H26N2O5S/c1-13-7-9-17(11-14(13)2)22(28(6,24)25)15(3)20(23)21-16-8-10-18(26-4)19(12-16)27-5/h7-12,15H,1-6H3,(H,21,23)/t15-/m0/s1. The molecule has 0 unspecified atom stereocenters. The first kappa shape index (κ1) is 21.6. The molecule has 1 N–H and O–H groups in total. The topological polar surface area (TPSA) is 84.9 Å². The molecule has 0 aliphatic carbocycles. The highest BCUT2D eigenvalue weighted by molar-refractivity contribution is 7.92. The van der Waals surface area contributed by atoms with Crippen molar-refractivity contribution in [3.05, 3.63) is 47.5 Å². The van der Waals surface area contributed by atoms with Gasteiger partial charge in [-0.3, -0.25) is 9.10 Å². The molecule has 1 atom stereocenters. The van der Waals surface area contributed by atoms with Gasteiger partial charge in [-0.25, -0.2) is 8.42 Å². The number of nitrogens with one attached hydrogen (secondary N) is 1. The molecule has 8 heteroatoms. The number of aryl methyl sites for hydroxylation is 2. The van der Waals surface area contributed by atoms with Crippen LogP contribution in [-0.4, -0.2) is 40.8 Å². The summed E-state index contributed by atoms with van der Waals surface area (Å²) in [5.74, 6) is 0.527. The third-order valence-electron chi connectivity index (χ3n) is 4.48. The number of carbonyl (C=O) groups excluding carboxylic acids is 1. The molecule has 0 spiro atoms. The fourth-order valence-corrected chi connectivity index (χ4v) is 4.00. The van der Waals surface area contributed by atoms with Crippen LogP contribution >= 0.6 is 0 Å². The zero-order valence-electron chi connectivity index (χ0n) is 16.9. The van der Waals surface area contributed by atoms with Crippen LogP contribution in [0.2, 0.25) is 0 Å². The number of rotatable bonds is 7. The van der Waals surface area contributed by atoms with Crippen molar-refractivity contribution in [1.82, 2.24) is 0 Å². The minimum Gasteiger partial charge on any atom is -0.493 e. The van der Waals surface area contributed by atoms with Gasteiger partial charge in [-0.2, -0.15) is 0 Å². The molecule has 7 nitrogen and oxygen atoms in total. The van der Waals surface area contributed by atoms with Crippen LogP contribution in [0.3, 0.4) is 0 Å². The summed E-state index contributed by atoms with van der Waals surface area (Å²) < 4.78 is 36.4. The summed E-state index contributed by atoms with van der Waals surface area (Å²) >= 11 is 0. The number of hydrogen-bond donors (Lipinski definition) is 1. The maximum Gasteiger partial charge on any atom is 0.247 e. The normalized spacial score (nSPS) is 12.2. The lowest BCUT2D eigenvalue weighted by molar-refractivity contribution is -0.116. The summed E-state index contributed by atoms with van der Waals surface area (Å²) in [5.41, 5.74) is 2.90. The number of benzene rings is 2. The number of amides is 1. The predicted octanol–water partition coefficient (Wildman–Crippen LogP) is 3.11. The highest BCUT2D eigenvalue weighted by Gasteiger charge is 2.29. The molecule has 0 fully saturated rings. The minimum atomic E-state index is -3.68. The lowest BCUT2D eigenvalue weighted by atomic mass is 10.1. The first-order valence-electron chi connectivity index (χ1n) is 8.68. The second-order valence-electron chi connectivity index (χ2n) is 6.56. The fraction of sp³-hybridized carbons (Fsp3) is 0.350. The van der Waals surface area contributed by atoms with Crippen molar-refractivity contribution < 1.29 is 22.7 Å². The van der Waals surface area contributed by atoms with Gasteiger partial charge < -0.3 is 14.8 Å². The Morgan fingerprint density at radius 3 is 2.18 bits per heavy atom. The average Bonchev–Trinajstić information content (AvgIpc) is 2.63. The number of nitrogens with zero attached hydrogens (tertiary/aromatic N) is 1. The van der Waals surface area contributed by atoms with Crippen molar-refractivity contribution >= 4 is 27.3 Å². The van der Waals surface area contributed by atoms with E-state index in [0.717, 1.165) is 21.7 Å². The molecule has 152 valence electrons. The Morgan fingerprint density at radius 2 is 1.64 bits per heavy atom. The van der Waals surface area contributed by atoms with Crippen molar-refractivity contribution in [2.45, 2.75) is 26.8 Å². The maximum atomic E-state index is 12.8. The van der Waals surface area contributed by atoms with Crippen LogP contribution in [-0.2, 0) is 14.8 Å². The lowest BCUT2D eigenvalue weighted by Crippen LogP contribution is -2.45. The number of sulfonamides is 1. The Kier molecular flexibility index (Phi) is 6.56. The minimum absolute atomic E-state index is 0.445. The highest BCUT2D eigenvalue weighted by atomic mass is 32.2. The van der Waals surface area contributed by atoms with E-state index in [1.165, 1.54) is 14.2 Å². The number of methoxy groups -OCH3 is 2. The molecule has 2 rings (SSSR count). The van der Waals surface area contributed by atoms with Crippen LogP contribution < -0.4 is 19.1 Å². The van der Waals surface area contributed by atoms with E-state index >= 15 is 0 Å². The number of hydrogen-bond acceptors (Lipinski definition) is 5. The fourth-order valence-electron chi connectivity index (χ4n) is 2.83. The van der Waals surface area contributed by atoms with E-state index in [4.69, 9.17) is 9.47 Å². The van der Waals surface area contributed by atoms with E-state index in [0.29, 0.717) is 22.9 Å². The monoisotopic (exact) mass is 406 g/mol. The van der Waals surface area contributed by atoms with E-state index in [1.807, 2.05) is 19.9 Å². The molecule has 0 bridgehead atoms. The first-order chi connectivity index (χ1) is 13.1. The molecule has 1 amide bonds. The second kappa shape index (κ2) is 8.52. The van der Waals surface area contributed by atoms with E-state index in [-0.39, 0.29) is 0 Å². The molecule has 0 radical (unpaired) electrons. The third-order valence-corrected chi connectivity index (χ3v) is 5.73. The summed E-state index contributed by atoms with van der Waals surface area (Å²) in [6.07, 6.45) is 1.09. The Bertz CT molecular complexity index is 973. The van der Waals surface area contributed by atoms with Gasteiger partial charge >= 0.3 is 0 Å². The van der Waals surface area contributed by atoms with Crippen LogP contribution in [0.25, 0.3) is 0 Å². The van der Waals surface area contributed by atoms with Gasteiger partial charge in [0.15, 0.2) is 11.5 Å². The molecule has 28 heavy (non-hydrogen) atoms. The average molecular weight is 407 g/mol. The number of anilines is 2. The van der Waals surface area contributed by atoms with Gasteiger partial charge in [0, 0.05) is 11.8 Å².